The second-order valence-corrected chi connectivity index (χ2v) is 5.16. The van der Waals surface area contributed by atoms with E-state index in [1.165, 1.54) is 12.2 Å². The molecule has 1 amide bonds. The van der Waals surface area contributed by atoms with Gasteiger partial charge in [0.2, 0.25) is 5.91 Å². The van der Waals surface area contributed by atoms with Crippen LogP contribution >= 0.6 is 0 Å². The molecule has 2 N–H and O–H groups in total. The maximum absolute atomic E-state index is 12.0. The number of rotatable bonds is 3. The summed E-state index contributed by atoms with van der Waals surface area (Å²) in [7, 11) is 0. The fourth-order valence-corrected chi connectivity index (χ4v) is 2.30. The summed E-state index contributed by atoms with van der Waals surface area (Å²) in [5.41, 5.74) is 1.87. The Kier molecular flexibility index (Phi) is 4.21. The number of nitrogens with one attached hydrogen (secondary N) is 2. The molecule has 0 fully saturated rings. The largest absolute Gasteiger partial charge is 0.322 e. The summed E-state index contributed by atoms with van der Waals surface area (Å²) in [4.78, 5) is 26.8. The van der Waals surface area contributed by atoms with E-state index in [-0.39, 0.29) is 11.5 Å². The number of anilines is 1. The lowest BCUT2D eigenvalue weighted by Gasteiger charge is -2.02. The molecule has 3 aromatic rings. The van der Waals surface area contributed by atoms with Crippen molar-refractivity contribution < 1.29 is 4.79 Å². The van der Waals surface area contributed by atoms with Gasteiger partial charge in [-0.05, 0) is 41.8 Å². The Morgan fingerprint density at radius 1 is 1.12 bits per heavy atom. The second kappa shape index (κ2) is 6.63. The molecule has 0 radical (unpaired) electrons. The lowest BCUT2D eigenvalue weighted by Crippen LogP contribution is -2.11. The summed E-state index contributed by atoms with van der Waals surface area (Å²) >= 11 is 0. The summed E-state index contributed by atoms with van der Waals surface area (Å²) in [5.74, 6) is -0.377. The molecular weight excluding hydrogens is 302 g/mol. The van der Waals surface area contributed by atoms with Gasteiger partial charge in [0, 0.05) is 22.8 Å². The number of benzene rings is 2. The second-order valence-electron chi connectivity index (χ2n) is 5.16. The Balaban J connectivity index is 1.80. The molecule has 0 aliphatic rings. The molecule has 5 heteroatoms. The van der Waals surface area contributed by atoms with Crippen molar-refractivity contribution in [1.82, 2.24) is 4.98 Å². The highest BCUT2D eigenvalue weighted by Gasteiger charge is 2.02. The van der Waals surface area contributed by atoms with Crippen LogP contribution in [0.4, 0.5) is 5.69 Å². The number of carbonyl (C=O) groups excluding carboxylic acids is 1. The minimum absolute atomic E-state index is 0.260. The summed E-state index contributed by atoms with van der Waals surface area (Å²) in [6, 6.07) is 17.8. The van der Waals surface area contributed by atoms with Gasteiger partial charge in [-0.15, -0.1) is 0 Å². The van der Waals surface area contributed by atoms with Gasteiger partial charge in [0.25, 0.3) is 5.56 Å². The Morgan fingerprint density at radius 2 is 1.96 bits per heavy atom. The van der Waals surface area contributed by atoms with Crippen LogP contribution in [0.3, 0.4) is 0 Å². The van der Waals surface area contributed by atoms with Crippen molar-refractivity contribution in [2.24, 2.45) is 0 Å². The fraction of sp³-hybridized carbons (Fsp3) is 0. The average Bonchev–Trinajstić information content (AvgIpc) is 2.60. The highest BCUT2D eigenvalue weighted by atomic mass is 16.1. The smallest absolute Gasteiger partial charge is 0.255 e. The first-order chi connectivity index (χ1) is 11.7. The predicted octanol–water partition coefficient (Wildman–Crippen LogP) is 3.05. The molecule has 0 saturated heterocycles. The molecule has 0 saturated carbocycles. The molecule has 0 unspecified atom stereocenters. The van der Waals surface area contributed by atoms with Crippen LogP contribution in [-0.4, -0.2) is 10.9 Å². The zero-order chi connectivity index (χ0) is 16.9. The molecular formula is C19H13N3O2. The summed E-state index contributed by atoms with van der Waals surface area (Å²) in [6.45, 7) is 0. The Morgan fingerprint density at radius 3 is 2.79 bits per heavy atom. The number of H-pyrrole nitrogens is 1. The van der Waals surface area contributed by atoms with Crippen LogP contribution in [0.2, 0.25) is 0 Å². The molecule has 0 aliphatic carbocycles. The number of para-hydroxylation sites is 1. The van der Waals surface area contributed by atoms with Gasteiger partial charge >= 0.3 is 0 Å². The minimum atomic E-state index is -0.377. The average molecular weight is 315 g/mol. The van der Waals surface area contributed by atoms with Crippen LogP contribution in [0.15, 0.2) is 65.5 Å². The molecule has 2 aromatic carbocycles. The molecule has 5 nitrogen and oxygen atoms in total. The summed E-state index contributed by atoms with van der Waals surface area (Å²) in [5, 5.41) is 12.4. The van der Waals surface area contributed by atoms with E-state index >= 15 is 0 Å². The van der Waals surface area contributed by atoms with Crippen LogP contribution in [0.1, 0.15) is 11.1 Å². The molecule has 1 heterocycles. The summed E-state index contributed by atoms with van der Waals surface area (Å²) in [6.07, 6.45) is 2.76. The first-order valence-electron chi connectivity index (χ1n) is 7.27. The standard InChI is InChI=1S/C19H13N3O2/c20-12-13-4-3-6-16(10-13)21-18(23)9-8-15-11-14-5-1-2-7-17(14)22-19(15)24/h1-11H,(H,21,23)(H,22,24)/b9-8+. The number of fused-ring (bicyclic) bond motifs is 1. The van der Waals surface area contributed by atoms with Crippen molar-refractivity contribution >= 4 is 28.6 Å². The molecule has 116 valence electrons. The Labute approximate surface area is 137 Å². The van der Waals surface area contributed by atoms with Gasteiger partial charge in [0.05, 0.1) is 11.6 Å². The third kappa shape index (κ3) is 3.39. The Bertz CT molecular complexity index is 1040. The number of hydrogen-bond acceptors (Lipinski definition) is 3. The zero-order valence-corrected chi connectivity index (χ0v) is 12.6. The highest BCUT2D eigenvalue weighted by molar-refractivity contribution is 6.02. The molecule has 0 aliphatic heterocycles. The lowest BCUT2D eigenvalue weighted by atomic mass is 10.1. The number of amides is 1. The molecule has 24 heavy (non-hydrogen) atoms. The quantitative estimate of drug-likeness (QED) is 0.728. The van der Waals surface area contributed by atoms with Gasteiger partial charge in [0.1, 0.15) is 0 Å². The molecule has 0 atom stereocenters. The van der Waals surface area contributed by atoms with Gasteiger partial charge < -0.3 is 10.3 Å². The van der Waals surface area contributed by atoms with Gasteiger partial charge in [-0.3, -0.25) is 9.59 Å². The molecule has 0 bridgehead atoms. The number of nitriles is 1. The van der Waals surface area contributed by atoms with Crippen LogP contribution in [-0.2, 0) is 4.79 Å². The Hall–Kier alpha value is -3.65. The fourth-order valence-electron chi connectivity index (χ4n) is 2.30. The monoisotopic (exact) mass is 315 g/mol. The van der Waals surface area contributed by atoms with Gasteiger partial charge in [-0.25, -0.2) is 0 Å². The van der Waals surface area contributed by atoms with Crippen molar-refractivity contribution in [2.45, 2.75) is 0 Å². The molecule has 3 rings (SSSR count). The van der Waals surface area contributed by atoms with Gasteiger partial charge in [0.15, 0.2) is 0 Å². The minimum Gasteiger partial charge on any atom is -0.322 e. The van der Waals surface area contributed by atoms with Gasteiger partial charge in [-0.1, -0.05) is 24.3 Å². The zero-order valence-electron chi connectivity index (χ0n) is 12.6. The van der Waals surface area contributed by atoms with Gasteiger partial charge in [-0.2, -0.15) is 5.26 Å². The molecule has 0 spiro atoms. The van der Waals surface area contributed by atoms with E-state index < -0.39 is 0 Å². The van der Waals surface area contributed by atoms with E-state index in [1.54, 1.807) is 30.3 Å². The van der Waals surface area contributed by atoms with Crippen molar-refractivity contribution in [2.75, 3.05) is 5.32 Å². The first-order valence-corrected chi connectivity index (χ1v) is 7.27. The highest BCUT2D eigenvalue weighted by Crippen LogP contribution is 2.12. The number of hydrogen-bond donors (Lipinski definition) is 2. The lowest BCUT2D eigenvalue weighted by molar-refractivity contribution is -0.111. The number of carbonyl (C=O) groups is 1. The van der Waals surface area contributed by atoms with Crippen LogP contribution < -0.4 is 10.9 Å². The maximum atomic E-state index is 12.0. The van der Waals surface area contributed by atoms with Crippen molar-refractivity contribution in [3.05, 3.63) is 82.2 Å². The SMILES string of the molecule is N#Cc1cccc(NC(=O)/C=C/c2cc3ccccc3[nH]c2=O)c1. The predicted molar refractivity (Wildman–Crippen MR) is 93.4 cm³/mol. The maximum Gasteiger partial charge on any atom is 0.255 e. The first kappa shape index (κ1) is 15.3. The van der Waals surface area contributed by atoms with Crippen LogP contribution in [0.25, 0.3) is 17.0 Å². The third-order valence-electron chi connectivity index (χ3n) is 3.46. The van der Waals surface area contributed by atoms with Crippen molar-refractivity contribution in [1.29, 1.82) is 5.26 Å². The van der Waals surface area contributed by atoms with E-state index in [4.69, 9.17) is 5.26 Å². The van der Waals surface area contributed by atoms with E-state index in [0.717, 1.165) is 10.9 Å². The van der Waals surface area contributed by atoms with Crippen molar-refractivity contribution in [3.63, 3.8) is 0 Å². The van der Waals surface area contributed by atoms with Crippen molar-refractivity contribution in [3.8, 4) is 6.07 Å². The van der Waals surface area contributed by atoms with Crippen LogP contribution in [0.5, 0.6) is 0 Å². The number of nitrogens with zero attached hydrogens (tertiary/aromatic N) is 1. The van der Waals surface area contributed by atoms with E-state index in [2.05, 4.69) is 10.3 Å². The topological polar surface area (TPSA) is 85.8 Å². The number of aromatic amines is 1. The van der Waals surface area contributed by atoms with E-state index in [1.807, 2.05) is 30.3 Å². The normalized spacial score (nSPS) is 10.6. The van der Waals surface area contributed by atoms with Crippen LogP contribution in [0, 0.1) is 11.3 Å². The summed E-state index contributed by atoms with van der Waals surface area (Å²) < 4.78 is 0. The van der Waals surface area contributed by atoms with E-state index in [9.17, 15) is 9.59 Å². The number of pyridine rings is 1. The van der Waals surface area contributed by atoms with E-state index in [0.29, 0.717) is 16.8 Å². The molecule has 1 aromatic heterocycles. The number of aromatic nitrogens is 1. The third-order valence-corrected chi connectivity index (χ3v) is 3.46.